The van der Waals surface area contributed by atoms with Gasteiger partial charge in [-0.05, 0) is 25.0 Å². The lowest BCUT2D eigenvalue weighted by Gasteiger charge is -2.27. The van der Waals surface area contributed by atoms with Crippen LogP contribution in [0.2, 0.25) is 0 Å². The highest BCUT2D eigenvalue weighted by molar-refractivity contribution is 5.68. The van der Waals surface area contributed by atoms with Crippen LogP contribution in [0.25, 0.3) is 0 Å². The topological polar surface area (TPSA) is 99.2 Å². The van der Waals surface area contributed by atoms with E-state index in [-0.39, 0.29) is 23.3 Å². The third kappa shape index (κ3) is 2.73. The van der Waals surface area contributed by atoms with Gasteiger partial charge >= 0.3 is 5.69 Å². The lowest BCUT2D eigenvalue weighted by Crippen LogP contribution is -2.30. The summed E-state index contributed by atoms with van der Waals surface area (Å²) in [5.74, 6) is 0. The zero-order valence-corrected chi connectivity index (χ0v) is 11.1. The van der Waals surface area contributed by atoms with Crippen molar-refractivity contribution in [1.82, 2.24) is 0 Å². The zero-order chi connectivity index (χ0) is 14.6. The lowest BCUT2D eigenvalue weighted by molar-refractivity contribution is -0.384. The first-order chi connectivity index (χ1) is 9.62. The molecular formula is C14H17N3O3. The normalized spacial score (nSPS) is 16.6. The van der Waals surface area contributed by atoms with E-state index in [2.05, 4.69) is 5.32 Å². The van der Waals surface area contributed by atoms with Gasteiger partial charge in [0, 0.05) is 12.0 Å². The van der Waals surface area contributed by atoms with Crippen molar-refractivity contribution in [2.75, 3.05) is 18.5 Å². The Bertz CT molecular complexity index is 545. The molecule has 6 nitrogen and oxygen atoms in total. The van der Waals surface area contributed by atoms with E-state index in [4.69, 9.17) is 5.26 Å². The summed E-state index contributed by atoms with van der Waals surface area (Å²) in [7, 11) is 0. The molecule has 0 saturated heterocycles. The Labute approximate surface area is 117 Å². The number of nitro benzene ring substituents is 1. The van der Waals surface area contributed by atoms with Crippen LogP contribution in [-0.2, 0) is 0 Å². The first-order valence-corrected chi connectivity index (χ1v) is 6.64. The van der Waals surface area contributed by atoms with Crippen LogP contribution >= 0.6 is 0 Å². The van der Waals surface area contributed by atoms with Gasteiger partial charge in [0.15, 0.2) is 0 Å². The molecule has 0 aromatic heterocycles. The summed E-state index contributed by atoms with van der Waals surface area (Å²) >= 11 is 0. The molecule has 106 valence electrons. The molecule has 0 spiro atoms. The quantitative estimate of drug-likeness (QED) is 0.635. The van der Waals surface area contributed by atoms with Crippen LogP contribution < -0.4 is 5.32 Å². The second kappa shape index (κ2) is 5.88. The van der Waals surface area contributed by atoms with Crippen LogP contribution in [-0.4, -0.2) is 23.2 Å². The molecule has 0 aliphatic heterocycles. The fourth-order valence-corrected chi connectivity index (χ4v) is 2.77. The van der Waals surface area contributed by atoms with Gasteiger partial charge in [-0.3, -0.25) is 10.1 Å². The minimum absolute atomic E-state index is 0.0458. The van der Waals surface area contributed by atoms with Crippen LogP contribution in [0.15, 0.2) is 18.2 Å². The van der Waals surface area contributed by atoms with Crippen LogP contribution in [0.3, 0.4) is 0 Å². The van der Waals surface area contributed by atoms with E-state index in [1.807, 2.05) is 6.07 Å². The molecule has 6 heteroatoms. The third-order valence-electron chi connectivity index (χ3n) is 3.99. The van der Waals surface area contributed by atoms with E-state index in [9.17, 15) is 15.2 Å². The summed E-state index contributed by atoms with van der Waals surface area (Å²) in [6.45, 7) is 0.560. The Morgan fingerprint density at radius 3 is 2.70 bits per heavy atom. The standard InChI is InChI=1S/C14H17N3O3/c15-8-11-4-3-5-12(13(11)17(19)20)16-9-14(10-18)6-1-2-7-14/h3-5,16,18H,1-2,6-7,9-10H2. The van der Waals surface area contributed by atoms with E-state index in [1.165, 1.54) is 6.07 Å². The molecular weight excluding hydrogens is 258 g/mol. The van der Waals surface area contributed by atoms with Crippen molar-refractivity contribution in [2.24, 2.45) is 5.41 Å². The van der Waals surface area contributed by atoms with E-state index < -0.39 is 4.92 Å². The first-order valence-electron chi connectivity index (χ1n) is 6.64. The fraction of sp³-hybridized carbons (Fsp3) is 0.500. The molecule has 1 aliphatic rings. The SMILES string of the molecule is N#Cc1cccc(NCC2(CO)CCCC2)c1[N+](=O)[O-]. The van der Waals surface area contributed by atoms with Crippen molar-refractivity contribution in [1.29, 1.82) is 5.26 Å². The Hall–Kier alpha value is -2.13. The van der Waals surface area contributed by atoms with Crippen molar-refractivity contribution >= 4 is 11.4 Å². The number of aliphatic hydroxyl groups is 1. The molecule has 1 saturated carbocycles. The van der Waals surface area contributed by atoms with Gasteiger partial charge in [-0.1, -0.05) is 18.9 Å². The molecule has 1 aromatic rings. The number of hydrogen-bond donors (Lipinski definition) is 2. The molecule has 2 rings (SSSR count). The summed E-state index contributed by atoms with van der Waals surface area (Å²) in [5.41, 5.74) is -0.00407. The molecule has 0 bridgehead atoms. The molecule has 1 aliphatic carbocycles. The lowest BCUT2D eigenvalue weighted by atomic mass is 9.87. The second-order valence-corrected chi connectivity index (χ2v) is 5.29. The van der Waals surface area contributed by atoms with Crippen LogP contribution in [0.4, 0.5) is 11.4 Å². The first kappa shape index (κ1) is 14.3. The van der Waals surface area contributed by atoms with Gasteiger partial charge < -0.3 is 10.4 Å². The molecule has 1 fully saturated rings. The molecule has 0 radical (unpaired) electrons. The Balaban J connectivity index is 2.21. The number of nitrogens with zero attached hydrogens (tertiary/aromatic N) is 2. The number of para-hydroxylation sites is 1. The molecule has 1 aromatic carbocycles. The van der Waals surface area contributed by atoms with Gasteiger partial charge in [0.05, 0.1) is 11.5 Å². The van der Waals surface area contributed by atoms with E-state index in [0.29, 0.717) is 12.2 Å². The van der Waals surface area contributed by atoms with Crippen LogP contribution in [0, 0.1) is 26.9 Å². The number of nitriles is 1. The smallest absolute Gasteiger partial charge is 0.309 e. The van der Waals surface area contributed by atoms with E-state index in [0.717, 1.165) is 25.7 Å². The van der Waals surface area contributed by atoms with Crippen molar-refractivity contribution in [3.8, 4) is 6.07 Å². The zero-order valence-electron chi connectivity index (χ0n) is 11.1. The van der Waals surface area contributed by atoms with Crippen LogP contribution in [0.5, 0.6) is 0 Å². The number of nitro groups is 1. The highest BCUT2D eigenvalue weighted by Gasteiger charge is 2.33. The van der Waals surface area contributed by atoms with E-state index >= 15 is 0 Å². The summed E-state index contributed by atoms with van der Waals surface area (Å²) in [5, 5.41) is 32.7. The molecule has 0 amide bonds. The average molecular weight is 275 g/mol. The number of aliphatic hydroxyl groups excluding tert-OH is 1. The minimum Gasteiger partial charge on any atom is -0.396 e. The highest BCUT2D eigenvalue weighted by atomic mass is 16.6. The fourth-order valence-electron chi connectivity index (χ4n) is 2.77. The average Bonchev–Trinajstić information content (AvgIpc) is 2.93. The maximum atomic E-state index is 11.1. The second-order valence-electron chi connectivity index (χ2n) is 5.29. The maximum Gasteiger partial charge on any atom is 0.309 e. The minimum atomic E-state index is -0.541. The van der Waals surface area contributed by atoms with Crippen molar-refractivity contribution in [3.05, 3.63) is 33.9 Å². The van der Waals surface area contributed by atoms with Gasteiger partial charge in [0.2, 0.25) is 0 Å². The largest absolute Gasteiger partial charge is 0.396 e. The van der Waals surface area contributed by atoms with Gasteiger partial charge in [-0.15, -0.1) is 0 Å². The van der Waals surface area contributed by atoms with Gasteiger partial charge in [0.1, 0.15) is 17.3 Å². The van der Waals surface area contributed by atoms with Crippen molar-refractivity contribution in [2.45, 2.75) is 25.7 Å². The Kier molecular flexibility index (Phi) is 4.20. The summed E-state index contributed by atoms with van der Waals surface area (Å²) in [4.78, 5) is 10.6. The molecule has 2 N–H and O–H groups in total. The number of nitrogens with one attached hydrogen (secondary N) is 1. The van der Waals surface area contributed by atoms with Gasteiger partial charge in [-0.2, -0.15) is 5.26 Å². The summed E-state index contributed by atoms with van der Waals surface area (Å²) in [6.07, 6.45) is 3.98. The number of anilines is 1. The van der Waals surface area contributed by atoms with Crippen LogP contribution in [0.1, 0.15) is 31.2 Å². The number of benzene rings is 1. The maximum absolute atomic E-state index is 11.1. The van der Waals surface area contributed by atoms with E-state index in [1.54, 1.807) is 12.1 Å². The Morgan fingerprint density at radius 1 is 1.45 bits per heavy atom. The number of hydrogen-bond acceptors (Lipinski definition) is 5. The molecule has 20 heavy (non-hydrogen) atoms. The van der Waals surface area contributed by atoms with Crippen molar-refractivity contribution in [3.63, 3.8) is 0 Å². The van der Waals surface area contributed by atoms with Crippen molar-refractivity contribution < 1.29 is 10.0 Å². The van der Waals surface area contributed by atoms with Gasteiger partial charge in [0.25, 0.3) is 0 Å². The van der Waals surface area contributed by atoms with Gasteiger partial charge in [-0.25, -0.2) is 0 Å². The monoisotopic (exact) mass is 275 g/mol. The summed E-state index contributed by atoms with van der Waals surface area (Å²) < 4.78 is 0. The highest BCUT2D eigenvalue weighted by Crippen LogP contribution is 2.38. The molecule has 0 unspecified atom stereocenters. The molecule has 0 atom stereocenters. The number of rotatable bonds is 5. The third-order valence-corrected chi connectivity index (χ3v) is 3.99. The Morgan fingerprint density at radius 2 is 2.15 bits per heavy atom. The summed E-state index contributed by atoms with van der Waals surface area (Å²) in [6, 6.07) is 6.48. The molecule has 0 heterocycles. The predicted molar refractivity (Wildman–Crippen MR) is 74.3 cm³/mol. The predicted octanol–water partition coefficient (Wildman–Crippen LogP) is 2.43.